The summed E-state index contributed by atoms with van der Waals surface area (Å²) in [4.78, 5) is 7.14. The molecule has 2 aromatic rings. The average Bonchev–Trinajstić information content (AvgIpc) is 2.84. The van der Waals surface area contributed by atoms with E-state index in [1.807, 2.05) is 12.3 Å². The summed E-state index contributed by atoms with van der Waals surface area (Å²) < 4.78 is 13.0. The van der Waals surface area contributed by atoms with Crippen molar-refractivity contribution in [3.63, 3.8) is 0 Å². The summed E-state index contributed by atoms with van der Waals surface area (Å²) in [5.74, 6) is 0.295. The van der Waals surface area contributed by atoms with Crippen LogP contribution >= 0.6 is 0 Å². The number of hydrogen-bond donors (Lipinski definition) is 1. The fraction of sp³-hybridized carbons (Fsp3) is 0.250. The molecule has 0 radical (unpaired) electrons. The van der Waals surface area contributed by atoms with Gasteiger partial charge in [0.1, 0.15) is 5.82 Å². The Labute approximate surface area is 87.2 Å². The molecule has 2 nitrogen and oxygen atoms in total. The van der Waals surface area contributed by atoms with Gasteiger partial charge in [-0.15, -0.1) is 0 Å². The highest BCUT2D eigenvalue weighted by molar-refractivity contribution is 5.36. The van der Waals surface area contributed by atoms with Gasteiger partial charge in [0.15, 0.2) is 0 Å². The SMILES string of the molecule is Fc1ccc2c(c1)CC(c1cnc[nH]1)C2. The number of aromatic nitrogens is 2. The van der Waals surface area contributed by atoms with Gasteiger partial charge in [-0.05, 0) is 36.1 Å². The lowest BCUT2D eigenvalue weighted by molar-refractivity contribution is 0.625. The van der Waals surface area contributed by atoms with Crippen molar-refractivity contribution in [3.05, 3.63) is 53.4 Å². The van der Waals surface area contributed by atoms with E-state index in [0.717, 1.165) is 24.1 Å². The number of hydrogen-bond acceptors (Lipinski definition) is 1. The summed E-state index contributed by atoms with van der Waals surface area (Å²) in [5, 5.41) is 0. The fourth-order valence-electron chi connectivity index (χ4n) is 2.30. The molecule has 0 saturated heterocycles. The Morgan fingerprint density at radius 1 is 1.27 bits per heavy atom. The van der Waals surface area contributed by atoms with Crippen molar-refractivity contribution < 1.29 is 4.39 Å². The van der Waals surface area contributed by atoms with Gasteiger partial charge in [0, 0.05) is 17.8 Å². The molecule has 1 aromatic heterocycles. The smallest absolute Gasteiger partial charge is 0.123 e. The standard InChI is InChI=1S/C12H11FN2/c13-11-2-1-8-3-10(4-9(8)5-11)12-6-14-7-15-12/h1-2,5-7,10H,3-4H2,(H,14,15). The molecule has 76 valence electrons. The number of fused-ring (bicyclic) bond motifs is 1. The maximum Gasteiger partial charge on any atom is 0.123 e. The normalized spacial score (nSPS) is 19.1. The molecule has 0 fully saturated rings. The molecule has 0 aliphatic heterocycles. The Balaban J connectivity index is 1.92. The summed E-state index contributed by atoms with van der Waals surface area (Å²) in [7, 11) is 0. The molecule has 0 spiro atoms. The minimum Gasteiger partial charge on any atom is -0.348 e. The third-order valence-electron chi connectivity index (χ3n) is 3.06. The summed E-state index contributed by atoms with van der Waals surface area (Å²) in [6.45, 7) is 0. The molecule has 1 aliphatic carbocycles. The predicted molar refractivity (Wildman–Crippen MR) is 55.1 cm³/mol. The van der Waals surface area contributed by atoms with Crippen LogP contribution in [0, 0.1) is 5.82 Å². The van der Waals surface area contributed by atoms with Crippen molar-refractivity contribution in [2.45, 2.75) is 18.8 Å². The number of nitrogens with zero attached hydrogens (tertiary/aromatic N) is 1. The zero-order valence-corrected chi connectivity index (χ0v) is 8.20. The summed E-state index contributed by atoms with van der Waals surface area (Å²) in [6.07, 6.45) is 5.44. The quantitative estimate of drug-likeness (QED) is 0.756. The first kappa shape index (κ1) is 8.65. The van der Waals surface area contributed by atoms with Gasteiger partial charge in [-0.1, -0.05) is 6.07 Å². The molecular formula is C12H11FN2. The van der Waals surface area contributed by atoms with Crippen molar-refractivity contribution in [3.8, 4) is 0 Å². The minimum atomic E-state index is -0.140. The number of halogens is 1. The highest BCUT2D eigenvalue weighted by Crippen LogP contribution is 2.33. The molecule has 1 atom stereocenters. The van der Waals surface area contributed by atoms with E-state index in [1.165, 1.54) is 11.6 Å². The maximum absolute atomic E-state index is 13.0. The molecule has 3 heteroatoms. The number of rotatable bonds is 1. The van der Waals surface area contributed by atoms with Crippen molar-refractivity contribution in [1.29, 1.82) is 0 Å². The topological polar surface area (TPSA) is 28.7 Å². The largest absolute Gasteiger partial charge is 0.348 e. The van der Waals surface area contributed by atoms with Crippen LogP contribution in [0.2, 0.25) is 0 Å². The lowest BCUT2D eigenvalue weighted by atomic mass is 10.0. The molecule has 1 N–H and O–H groups in total. The summed E-state index contributed by atoms with van der Waals surface area (Å²) in [6, 6.07) is 5.07. The Morgan fingerprint density at radius 3 is 2.93 bits per heavy atom. The number of H-pyrrole nitrogens is 1. The van der Waals surface area contributed by atoms with Crippen molar-refractivity contribution in [2.24, 2.45) is 0 Å². The summed E-state index contributed by atoms with van der Waals surface area (Å²) >= 11 is 0. The van der Waals surface area contributed by atoms with E-state index >= 15 is 0 Å². The molecule has 1 aliphatic rings. The molecule has 0 bridgehead atoms. The van der Waals surface area contributed by atoms with Gasteiger partial charge in [-0.2, -0.15) is 0 Å². The van der Waals surface area contributed by atoms with E-state index in [4.69, 9.17) is 0 Å². The number of imidazole rings is 1. The highest BCUT2D eigenvalue weighted by Gasteiger charge is 2.23. The molecule has 0 amide bonds. The van der Waals surface area contributed by atoms with Gasteiger partial charge in [0.05, 0.1) is 6.33 Å². The van der Waals surface area contributed by atoms with Gasteiger partial charge < -0.3 is 4.98 Å². The first-order chi connectivity index (χ1) is 7.33. The minimum absolute atomic E-state index is 0.140. The van der Waals surface area contributed by atoms with E-state index in [9.17, 15) is 4.39 Å². The van der Waals surface area contributed by atoms with Gasteiger partial charge >= 0.3 is 0 Å². The van der Waals surface area contributed by atoms with Crippen LogP contribution in [0.25, 0.3) is 0 Å². The molecule has 0 saturated carbocycles. The van der Waals surface area contributed by atoms with Crippen LogP contribution in [0.4, 0.5) is 4.39 Å². The van der Waals surface area contributed by atoms with E-state index < -0.39 is 0 Å². The average molecular weight is 202 g/mol. The van der Waals surface area contributed by atoms with Gasteiger partial charge in [0.25, 0.3) is 0 Å². The fourth-order valence-corrected chi connectivity index (χ4v) is 2.30. The lowest BCUT2D eigenvalue weighted by Crippen LogP contribution is -1.97. The second-order valence-corrected chi connectivity index (χ2v) is 4.03. The van der Waals surface area contributed by atoms with Crippen LogP contribution in [-0.4, -0.2) is 9.97 Å². The molecular weight excluding hydrogens is 191 g/mol. The van der Waals surface area contributed by atoms with Crippen LogP contribution in [0.5, 0.6) is 0 Å². The lowest BCUT2D eigenvalue weighted by Gasteiger charge is -2.03. The first-order valence-electron chi connectivity index (χ1n) is 5.08. The second-order valence-electron chi connectivity index (χ2n) is 4.03. The third kappa shape index (κ3) is 1.44. The molecule has 1 aromatic carbocycles. The predicted octanol–water partition coefficient (Wildman–Crippen LogP) is 2.43. The van der Waals surface area contributed by atoms with Crippen LogP contribution in [0.3, 0.4) is 0 Å². The van der Waals surface area contributed by atoms with Crippen LogP contribution in [0.1, 0.15) is 22.7 Å². The van der Waals surface area contributed by atoms with Crippen LogP contribution < -0.4 is 0 Å². The zero-order valence-electron chi connectivity index (χ0n) is 8.20. The van der Waals surface area contributed by atoms with Gasteiger partial charge in [-0.25, -0.2) is 9.37 Å². The maximum atomic E-state index is 13.0. The van der Waals surface area contributed by atoms with Gasteiger partial charge in [0.2, 0.25) is 0 Å². The summed E-state index contributed by atoms with van der Waals surface area (Å²) in [5.41, 5.74) is 3.54. The van der Waals surface area contributed by atoms with E-state index in [2.05, 4.69) is 9.97 Å². The zero-order chi connectivity index (χ0) is 10.3. The molecule has 3 rings (SSSR count). The number of nitrogens with one attached hydrogen (secondary N) is 1. The van der Waals surface area contributed by atoms with Crippen molar-refractivity contribution in [2.75, 3.05) is 0 Å². The molecule has 1 unspecified atom stereocenters. The Morgan fingerprint density at radius 2 is 2.13 bits per heavy atom. The van der Waals surface area contributed by atoms with E-state index in [1.54, 1.807) is 12.4 Å². The second kappa shape index (κ2) is 3.19. The van der Waals surface area contributed by atoms with Crippen LogP contribution in [0.15, 0.2) is 30.7 Å². The Hall–Kier alpha value is -1.64. The van der Waals surface area contributed by atoms with Gasteiger partial charge in [-0.3, -0.25) is 0 Å². The Bertz CT molecular complexity index is 476. The van der Waals surface area contributed by atoms with Crippen molar-refractivity contribution in [1.82, 2.24) is 9.97 Å². The Kier molecular flexibility index (Phi) is 1.84. The van der Waals surface area contributed by atoms with E-state index in [0.29, 0.717) is 5.92 Å². The number of benzene rings is 1. The first-order valence-corrected chi connectivity index (χ1v) is 5.08. The third-order valence-corrected chi connectivity index (χ3v) is 3.06. The van der Waals surface area contributed by atoms with Crippen LogP contribution in [-0.2, 0) is 12.8 Å². The highest BCUT2D eigenvalue weighted by atomic mass is 19.1. The molecule has 15 heavy (non-hydrogen) atoms. The molecule has 1 heterocycles. The van der Waals surface area contributed by atoms with Crippen molar-refractivity contribution >= 4 is 0 Å². The number of aromatic amines is 1. The monoisotopic (exact) mass is 202 g/mol. The van der Waals surface area contributed by atoms with E-state index in [-0.39, 0.29) is 5.82 Å².